The molecule has 3 aromatic rings. The number of carbonyl (C=O) groups is 1. The molecule has 26 heavy (non-hydrogen) atoms. The van der Waals surface area contributed by atoms with Crippen molar-refractivity contribution in [3.63, 3.8) is 0 Å². The van der Waals surface area contributed by atoms with Crippen LogP contribution in [0.4, 0.5) is 5.69 Å². The van der Waals surface area contributed by atoms with E-state index < -0.39 is 0 Å². The number of aromatic nitrogens is 2. The van der Waals surface area contributed by atoms with Crippen LogP contribution in [0.2, 0.25) is 0 Å². The first-order valence-corrected chi connectivity index (χ1v) is 9.63. The highest BCUT2D eigenvalue weighted by Crippen LogP contribution is 2.31. The first-order valence-electron chi connectivity index (χ1n) is 8.75. The summed E-state index contributed by atoms with van der Waals surface area (Å²) in [7, 11) is 1.64. The number of imidazole rings is 1. The molecule has 0 radical (unpaired) electrons. The smallest absolute Gasteiger partial charge is 0.240 e. The van der Waals surface area contributed by atoms with Crippen LogP contribution in [-0.4, -0.2) is 34.8 Å². The van der Waals surface area contributed by atoms with Gasteiger partial charge in [-0.2, -0.15) is 0 Å². The summed E-state index contributed by atoms with van der Waals surface area (Å²) in [6.07, 6.45) is 2.04. The molecule has 0 aliphatic carbocycles. The number of rotatable bonds is 4. The van der Waals surface area contributed by atoms with Crippen LogP contribution >= 0.6 is 11.8 Å². The third kappa shape index (κ3) is 3.17. The van der Waals surface area contributed by atoms with Crippen LogP contribution in [0.15, 0.2) is 47.6 Å². The highest BCUT2D eigenvalue weighted by atomic mass is 32.2. The molecule has 2 heterocycles. The fraction of sp³-hybridized carbons (Fsp3) is 0.300. The molecule has 0 saturated heterocycles. The average molecular weight is 367 g/mol. The van der Waals surface area contributed by atoms with Gasteiger partial charge in [-0.3, -0.25) is 4.79 Å². The lowest BCUT2D eigenvalue weighted by atomic mass is 10.0. The van der Waals surface area contributed by atoms with Crippen LogP contribution in [-0.2, 0) is 11.2 Å². The van der Waals surface area contributed by atoms with Gasteiger partial charge in [-0.05, 0) is 43.5 Å². The summed E-state index contributed by atoms with van der Waals surface area (Å²) >= 11 is 1.46. The molecule has 5 nitrogen and oxygen atoms in total. The van der Waals surface area contributed by atoms with Crippen LogP contribution in [0.5, 0.6) is 5.75 Å². The number of anilines is 1. The largest absolute Gasteiger partial charge is 0.497 e. The number of aromatic amines is 1. The molecular formula is C20H21N3O2S. The van der Waals surface area contributed by atoms with Crippen LogP contribution < -0.4 is 9.64 Å². The SMILES string of the molecule is COc1ccc2nc(SC(C)C(=O)N3CCCc4ccccc43)[nH]c2c1. The van der Waals surface area contributed by atoms with Crippen molar-refractivity contribution in [2.45, 2.75) is 30.2 Å². The number of fused-ring (bicyclic) bond motifs is 2. The lowest BCUT2D eigenvalue weighted by molar-refractivity contribution is -0.117. The zero-order valence-corrected chi connectivity index (χ0v) is 15.7. The van der Waals surface area contributed by atoms with Crippen molar-refractivity contribution in [3.05, 3.63) is 48.0 Å². The zero-order chi connectivity index (χ0) is 18.1. The van der Waals surface area contributed by atoms with Gasteiger partial charge in [0.1, 0.15) is 5.75 Å². The fourth-order valence-electron chi connectivity index (χ4n) is 3.35. The molecule has 1 N–H and O–H groups in total. The Balaban J connectivity index is 1.53. The summed E-state index contributed by atoms with van der Waals surface area (Å²) in [5.74, 6) is 0.909. The van der Waals surface area contributed by atoms with Crippen molar-refractivity contribution in [1.29, 1.82) is 0 Å². The molecule has 134 valence electrons. The quantitative estimate of drug-likeness (QED) is 0.707. The highest BCUT2D eigenvalue weighted by molar-refractivity contribution is 8.00. The van der Waals surface area contributed by atoms with E-state index in [0.717, 1.165) is 47.0 Å². The molecule has 1 unspecified atom stereocenters. The van der Waals surface area contributed by atoms with E-state index in [1.165, 1.54) is 17.3 Å². The van der Waals surface area contributed by atoms with Crippen molar-refractivity contribution >= 4 is 34.4 Å². The van der Waals surface area contributed by atoms with Crippen LogP contribution in [0.3, 0.4) is 0 Å². The number of nitrogens with zero attached hydrogens (tertiary/aromatic N) is 2. The Morgan fingerprint density at radius 3 is 3.00 bits per heavy atom. The molecular weight excluding hydrogens is 346 g/mol. The molecule has 1 aliphatic heterocycles. The lowest BCUT2D eigenvalue weighted by Crippen LogP contribution is -2.40. The zero-order valence-electron chi connectivity index (χ0n) is 14.9. The molecule has 1 aliphatic rings. The predicted octanol–water partition coefficient (Wildman–Crippen LogP) is 4.03. The second-order valence-electron chi connectivity index (χ2n) is 6.41. The Morgan fingerprint density at radius 2 is 2.15 bits per heavy atom. The van der Waals surface area contributed by atoms with Crippen LogP contribution in [0, 0.1) is 0 Å². The normalized spacial score (nSPS) is 14.9. The Hall–Kier alpha value is -2.47. The van der Waals surface area contributed by atoms with Gasteiger partial charge in [0.25, 0.3) is 0 Å². The van der Waals surface area contributed by atoms with Gasteiger partial charge in [0.05, 0.1) is 23.4 Å². The summed E-state index contributed by atoms with van der Waals surface area (Å²) in [6, 6.07) is 13.9. The van der Waals surface area contributed by atoms with E-state index in [-0.39, 0.29) is 11.2 Å². The Labute approximate surface area is 156 Å². The number of hydrogen-bond acceptors (Lipinski definition) is 4. The second kappa shape index (κ2) is 7.03. The molecule has 0 fully saturated rings. The van der Waals surface area contributed by atoms with E-state index >= 15 is 0 Å². The Morgan fingerprint density at radius 1 is 1.31 bits per heavy atom. The maximum Gasteiger partial charge on any atom is 0.240 e. The number of nitrogens with one attached hydrogen (secondary N) is 1. The van der Waals surface area contributed by atoms with E-state index in [1.54, 1.807) is 7.11 Å². The topological polar surface area (TPSA) is 58.2 Å². The minimum Gasteiger partial charge on any atom is -0.497 e. The molecule has 1 aromatic heterocycles. The lowest BCUT2D eigenvalue weighted by Gasteiger charge is -2.31. The van der Waals surface area contributed by atoms with Gasteiger partial charge < -0.3 is 14.6 Å². The van der Waals surface area contributed by atoms with Gasteiger partial charge in [-0.1, -0.05) is 30.0 Å². The molecule has 1 amide bonds. The van der Waals surface area contributed by atoms with E-state index in [4.69, 9.17) is 4.74 Å². The average Bonchev–Trinajstić information content (AvgIpc) is 3.08. The molecule has 2 aromatic carbocycles. The fourth-order valence-corrected chi connectivity index (χ4v) is 4.23. The Bertz CT molecular complexity index is 953. The maximum absolute atomic E-state index is 13.0. The molecule has 1 atom stereocenters. The summed E-state index contributed by atoms with van der Waals surface area (Å²) in [6.45, 7) is 2.72. The van der Waals surface area contributed by atoms with Gasteiger partial charge in [0, 0.05) is 18.3 Å². The van der Waals surface area contributed by atoms with Crippen molar-refractivity contribution < 1.29 is 9.53 Å². The number of H-pyrrole nitrogens is 1. The van der Waals surface area contributed by atoms with Crippen molar-refractivity contribution in [1.82, 2.24) is 9.97 Å². The number of hydrogen-bond donors (Lipinski definition) is 1. The summed E-state index contributed by atoms with van der Waals surface area (Å²) in [4.78, 5) is 22.8. The van der Waals surface area contributed by atoms with Gasteiger partial charge in [0.2, 0.25) is 5.91 Å². The molecule has 0 saturated carbocycles. The van der Waals surface area contributed by atoms with Crippen molar-refractivity contribution in [2.24, 2.45) is 0 Å². The molecule has 0 spiro atoms. The number of thioether (sulfide) groups is 1. The number of amides is 1. The Kier molecular flexibility index (Phi) is 4.59. The monoisotopic (exact) mass is 367 g/mol. The number of carbonyl (C=O) groups excluding carboxylic acids is 1. The van der Waals surface area contributed by atoms with Gasteiger partial charge in [-0.15, -0.1) is 0 Å². The second-order valence-corrected chi connectivity index (χ2v) is 7.74. The summed E-state index contributed by atoms with van der Waals surface area (Å²) in [5, 5.41) is 0.531. The van der Waals surface area contributed by atoms with E-state index in [9.17, 15) is 4.79 Å². The predicted molar refractivity (Wildman–Crippen MR) is 105 cm³/mol. The third-order valence-corrected chi connectivity index (χ3v) is 5.65. The first kappa shape index (κ1) is 17.0. The van der Waals surface area contributed by atoms with E-state index in [0.29, 0.717) is 0 Å². The van der Waals surface area contributed by atoms with Crippen LogP contribution in [0.25, 0.3) is 11.0 Å². The minimum atomic E-state index is -0.219. The van der Waals surface area contributed by atoms with Gasteiger partial charge in [0.15, 0.2) is 5.16 Å². The maximum atomic E-state index is 13.0. The molecule has 6 heteroatoms. The van der Waals surface area contributed by atoms with E-state index in [1.807, 2.05) is 48.2 Å². The third-order valence-electron chi connectivity index (χ3n) is 4.68. The van der Waals surface area contributed by atoms with E-state index in [2.05, 4.69) is 16.0 Å². The molecule has 0 bridgehead atoms. The minimum absolute atomic E-state index is 0.125. The van der Waals surface area contributed by atoms with Crippen LogP contribution in [0.1, 0.15) is 18.9 Å². The molecule has 4 rings (SSSR count). The highest BCUT2D eigenvalue weighted by Gasteiger charge is 2.27. The van der Waals surface area contributed by atoms with Crippen molar-refractivity contribution in [2.75, 3.05) is 18.6 Å². The van der Waals surface area contributed by atoms with Gasteiger partial charge in [-0.25, -0.2) is 4.98 Å². The number of para-hydroxylation sites is 1. The van der Waals surface area contributed by atoms with Crippen molar-refractivity contribution in [3.8, 4) is 5.75 Å². The number of methoxy groups -OCH3 is 1. The first-order chi connectivity index (χ1) is 12.7. The summed E-state index contributed by atoms with van der Waals surface area (Å²) < 4.78 is 5.25. The number of benzene rings is 2. The standard InChI is InChI=1S/C20H21N3O2S/c1-13(19(24)23-11-5-7-14-6-3-4-8-18(14)23)26-20-21-16-10-9-15(25-2)12-17(16)22-20/h3-4,6,8-10,12-13H,5,7,11H2,1-2H3,(H,21,22). The van der Waals surface area contributed by atoms with Gasteiger partial charge >= 0.3 is 0 Å². The number of ether oxygens (including phenoxy) is 1. The summed E-state index contributed by atoms with van der Waals surface area (Å²) in [5.41, 5.74) is 4.08. The number of aryl methyl sites for hydroxylation is 1.